The average molecular weight is 724 g/mol. The van der Waals surface area contributed by atoms with Crippen LogP contribution in [-0.4, -0.2) is 70.7 Å². The maximum absolute atomic E-state index is 12.6. The standard InChI is InChI=1S/C41H74NO7P/c1-6-8-10-12-14-16-17-18-19-20-21-22-23-24-25-26-28-30-32-34-41(43)49-40(39-48-50(44,45)47-37-35-42(3,4)5)38-46-36-33-31-29-27-15-13-11-9-7-2/h8,10,14,16,18-19,21-22,24-25,40H,6-7,9,11-13,15,17,20,23,26-39H2,1-5H3/b10-8-,16-14-,19-18-,22-21-,25-24-. The summed E-state index contributed by atoms with van der Waals surface area (Å²) in [4.78, 5) is 24.9. The van der Waals surface area contributed by atoms with Crippen molar-refractivity contribution >= 4 is 13.8 Å². The van der Waals surface area contributed by atoms with E-state index in [-0.39, 0.29) is 32.2 Å². The lowest BCUT2D eigenvalue weighted by atomic mass is 10.1. The van der Waals surface area contributed by atoms with Crippen LogP contribution >= 0.6 is 7.82 Å². The second-order valence-electron chi connectivity index (χ2n) is 13.9. The Morgan fingerprint density at radius 2 is 1.16 bits per heavy atom. The van der Waals surface area contributed by atoms with Gasteiger partial charge in [-0.15, -0.1) is 0 Å². The van der Waals surface area contributed by atoms with Gasteiger partial charge in [-0.2, -0.15) is 0 Å². The van der Waals surface area contributed by atoms with Crippen LogP contribution in [-0.2, 0) is 27.9 Å². The molecule has 0 aliphatic carbocycles. The number of likely N-dealkylation sites (N-methyl/N-ethyl adjacent to an activating group) is 1. The molecule has 0 rings (SSSR count). The first kappa shape index (κ1) is 48.2. The highest BCUT2D eigenvalue weighted by Crippen LogP contribution is 2.38. The molecule has 0 aromatic rings. The predicted molar refractivity (Wildman–Crippen MR) is 208 cm³/mol. The Morgan fingerprint density at radius 3 is 1.72 bits per heavy atom. The number of phosphoric ester groups is 1. The first-order chi connectivity index (χ1) is 24.1. The molecule has 0 N–H and O–H groups in total. The Bertz CT molecular complexity index is 984. The Balaban J connectivity index is 4.34. The molecule has 0 saturated carbocycles. The molecule has 0 fully saturated rings. The van der Waals surface area contributed by atoms with Crippen molar-refractivity contribution in [2.24, 2.45) is 0 Å². The summed E-state index contributed by atoms with van der Waals surface area (Å²) in [6.07, 6.45) is 40.9. The van der Waals surface area contributed by atoms with Crippen LogP contribution in [0.25, 0.3) is 0 Å². The van der Waals surface area contributed by atoms with E-state index in [2.05, 4.69) is 74.6 Å². The summed E-state index contributed by atoms with van der Waals surface area (Å²) in [5.41, 5.74) is 0. The van der Waals surface area contributed by atoms with Gasteiger partial charge in [-0.1, -0.05) is 132 Å². The number of allylic oxidation sites excluding steroid dienone is 10. The predicted octanol–water partition coefficient (Wildman–Crippen LogP) is 10.4. The summed E-state index contributed by atoms with van der Waals surface area (Å²) in [6, 6.07) is 0. The fourth-order valence-corrected chi connectivity index (χ4v) is 5.53. The van der Waals surface area contributed by atoms with Crippen molar-refractivity contribution in [2.75, 3.05) is 54.1 Å². The molecular formula is C41H74NO7P. The molecule has 50 heavy (non-hydrogen) atoms. The van der Waals surface area contributed by atoms with Crippen molar-refractivity contribution in [1.82, 2.24) is 0 Å². The van der Waals surface area contributed by atoms with Crippen LogP contribution in [0.1, 0.15) is 136 Å². The van der Waals surface area contributed by atoms with Crippen LogP contribution in [0.4, 0.5) is 0 Å². The van der Waals surface area contributed by atoms with Gasteiger partial charge in [0.25, 0.3) is 7.82 Å². The maximum atomic E-state index is 12.6. The quantitative estimate of drug-likeness (QED) is 0.0211. The molecule has 9 heteroatoms. The molecule has 0 aromatic carbocycles. The van der Waals surface area contributed by atoms with E-state index in [0.717, 1.165) is 64.2 Å². The van der Waals surface area contributed by atoms with E-state index in [0.29, 0.717) is 24.1 Å². The number of ether oxygens (including phenoxy) is 2. The lowest BCUT2D eigenvalue weighted by Gasteiger charge is -2.28. The van der Waals surface area contributed by atoms with Crippen LogP contribution in [0, 0.1) is 0 Å². The third kappa shape index (κ3) is 37.5. The summed E-state index contributed by atoms with van der Waals surface area (Å²) in [5.74, 6) is -0.369. The normalized spacial score (nSPS) is 14.6. The van der Waals surface area contributed by atoms with Crippen molar-refractivity contribution in [3.05, 3.63) is 60.8 Å². The number of rotatable bonds is 35. The fraction of sp³-hybridized carbons (Fsp3) is 0.732. The van der Waals surface area contributed by atoms with Crippen LogP contribution in [0.5, 0.6) is 0 Å². The van der Waals surface area contributed by atoms with Gasteiger partial charge in [0.2, 0.25) is 0 Å². The minimum absolute atomic E-state index is 0.0173. The zero-order valence-electron chi connectivity index (χ0n) is 32.6. The number of esters is 1. The lowest BCUT2D eigenvalue weighted by Crippen LogP contribution is -2.37. The van der Waals surface area contributed by atoms with E-state index in [1.165, 1.54) is 44.9 Å². The molecule has 290 valence electrons. The van der Waals surface area contributed by atoms with Crippen LogP contribution in [0.2, 0.25) is 0 Å². The molecule has 0 amide bonds. The Kier molecular flexibility index (Phi) is 33.1. The molecule has 0 spiro atoms. The van der Waals surface area contributed by atoms with Gasteiger partial charge in [-0.3, -0.25) is 9.36 Å². The second kappa shape index (κ2) is 34.3. The zero-order chi connectivity index (χ0) is 37.0. The number of hydrogen-bond acceptors (Lipinski definition) is 7. The minimum atomic E-state index is -4.53. The van der Waals surface area contributed by atoms with Gasteiger partial charge in [0, 0.05) is 13.0 Å². The van der Waals surface area contributed by atoms with Crippen LogP contribution in [0.15, 0.2) is 60.8 Å². The molecule has 2 unspecified atom stereocenters. The SMILES string of the molecule is CC/C=C\C/C=C\C/C=C\C/C=C\C/C=C\CCCCCC(=O)OC(COCCCCCCCCCCC)COP(=O)([O-])OCC[N+](C)(C)C. The van der Waals surface area contributed by atoms with Crippen molar-refractivity contribution < 1.29 is 37.3 Å². The molecule has 0 bridgehead atoms. The van der Waals surface area contributed by atoms with Crippen LogP contribution < -0.4 is 4.89 Å². The fourth-order valence-electron chi connectivity index (χ4n) is 4.81. The Labute approximate surface area is 307 Å². The summed E-state index contributed by atoms with van der Waals surface area (Å²) in [6.45, 7) is 5.21. The van der Waals surface area contributed by atoms with Gasteiger partial charge in [0.1, 0.15) is 19.3 Å². The minimum Gasteiger partial charge on any atom is -0.756 e. The molecule has 0 saturated heterocycles. The highest BCUT2D eigenvalue weighted by Gasteiger charge is 2.20. The van der Waals surface area contributed by atoms with Crippen molar-refractivity contribution in [3.8, 4) is 0 Å². The Morgan fingerprint density at radius 1 is 0.640 bits per heavy atom. The second-order valence-corrected chi connectivity index (χ2v) is 15.3. The van der Waals surface area contributed by atoms with Gasteiger partial charge in [-0.25, -0.2) is 0 Å². The molecular weight excluding hydrogens is 649 g/mol. The van der Waals surface area contributed by atoms with E-state index < -0.39 is 13.9 Å². The third-order valence-corrected chi connectivity index (χ3v) is 8.80. The van der Waals surface area contributed by atoms with Crippen LogP contribution in [0.3, 0.4) is 0 Å². The molecule has 2 atom stereocenters. The summed E-state index contributed by atoms with van der Waals surface area (Å²) < 4.78 is 34.4. The van der Waals surface area contributed by atoms with Gasteiger partial charge in [0.05, 0.1) is 34.4 Å². The highest BCUT2D eigenvalue weighted by molar-refractivity contribution is 7.45. The number of carbonyl (C=O) groups excluding carboxylic acids is 1. The van der Waals surface area contributed by atoms with E-state index in [9.17, 15) is 14.3 Å². The third-order valence-electron chi connectivity index (χ3n) is 7.83. The van der Waals surface area contributed by atoms with E-state index in [4.69, 9.17) is 18.5 Å². The van der Waals surface area contributed by atoms with Gasteiger partial charge in [-0.05, 0) is 57.8 Å². The van der Waals surface area contributed by atoms with Crippen molar-refractivity contribution in [2.45, 2.75) is 142 Å². The first-order valence-corrected chi connectivity index (χ1v) is 21.0. The van der Waals surface area contributed by atoms with E-state index >= 15 is 0 Å². The maximum Gasteiger partial charge on any atom is 0.306 e. The molecule has 0 heterocycles. The lowest BCUT2D eigenvalue weighted by molar-refractivity contribution is -0.870. The van der Waals surface area contributed by atoms with Gasteiger partial charge in [0.15, 0.2) is 0 Å². The number of carbonyl (C=O) groups is 1. The summed E-state index contributed by atoms with van der Waals surface area (Å²) in [5, 5.41) is 0. The average Bonchev–Trinajstić information content (AvgIpc) is 3.06. The molecule has 8 nitrogen and oxygen atoms in total. The number of nitrogens with zero attached hydrogens (tertiary/aromatic N) is 1. The monoisotopic (exact) mass is 724 g/mol. The molecule has 0 aliphatic rings. The van der Waals surface area contributed by atoms with Crippen molar-refractivity contribution in [1.29, 1.82) is 0 Å². The first-order valence-electron chi connectivity index (χ1n) is 19.5. The zero-order valence-corrected chi connectivity index (χ0v) is 33.5. The molecule has 0 radical (unpaired) electrons. The van der Waals surface area contributed by atoms with E-state index in [1.807, 2.05) is 21.1 Å². The Hall–Kier alpha value is -1.80. The van der Waals surface area contributed by atoms with Gasteiger partial charge >= 0.3 is 5.97 Å². The van der Waals surface area contributed by atoms with Gasteiger partial charge < -0.3 is 27.9 Å². The molecule has 0 aliphatic heterocycles. The largest absolute Gasteiger partial charge is 0.756 e. The number of unbranched alkanes of at least 4 members (excludes halogenated alkanes) is 11. The van der Waals surface area contributed by atoms with E-state index in [1.54, 1.807) is 0 Å². The smallest absolute Gasteiger partial charge is 0.306 e. The number of hydrogen-bond donors (Lipinski definition) is 0. The number of quaternary nitrogens is 1. The summed E-state index contributed by atoms with van der Waals surface area (Å²) in [7, 11) is 1.32. The molecule has 0 aromatic heterocycles. The topological polar surface area (TPSA) is 94.1 Å². The number of phosphoric acid groups is 1. The highest BCUT2D eigenvalue weighted by atomic mass is 31.2. The summed E-state index contributed by atoms with van der Waals surface area (Å²) >= 11 is 0. The van der Waals surface area contributed by atoms with Crippen molar-refractivity contribution in [3.63, 3.8) is 0 Å².